The average molecular weight is 283 g/mol. The van der Waals surface area contributed by atoms with Gasteiger partial charge in [0.2, 0.25) is 5.91 Å². The zero-order chi connectivity index (χ0) is 14.8. The van der Waals surface area contributed by atoms with Gasteiger partial charge in [-0.3, -0.25) is 9.59 Å². The van der Waals surface area contributed by atoms with Crippen LogP contribution in [-0.4, -0.2) is 35.2 Å². The first-order valence-electron chi connectivity index (χ1n) is 7.54. The Bertz CT molecular complexity index is 389. The molecule has 1 saturated carbocycles. The van der Waals surface area contributed by atoms with E-state index in [2.05, 4.69) is 5.32 Å². The van der Waals surface area contributed by atoms with Crippen LogP contribution in [0.5, 0.6) is 0 Å². The van der Waals surface area contributed by atoms with E-state index in [0.717, 1.165) is 25.7 Å². The van der Waals surface area contributed by atoms with Crippen LogP contribution >= 0.6 is 0 Å². The van der Waals surface area contributed by atoms with E-state index in [0.29, 0.717) is 19.4 Å². The molecule has 114 valence electrons. The van der Waals surface area contributed by atoms with E-state index in [1.54, 1.807) is 0 Å². The maximum atomic E-state index is 12.3. The fourth-order valence-corrected chi connectivity index (χ4v) is 3.36. The Hall–Kier alpha value is -1.10. The molecule has 2 N–H and O–H groups in total. The fourth-order valence-electron chi connectivity index (χ4n) is 3.36. The van der Waals surface area contributed by atoms with Gasteiger partial charge in [-0.25, -0.2) is 0 Å². The van der Waals surface area contributed by atoms with Crippen molar-refractivity contribution in [2.75, 3.05) is 6.61 Å². The van der Waals surface area contributed by atoms with Crippen LogP contribution in [0.1, 0.15) is 58.8 Å². The first-order chi connectivity index (χ1) is 9.38. The third-order valence-corrected chi connectivity index (χ3v) is 5.07. The predicted octanol–water partition coefficient (Wildman–Crippen LogP) is 2.10. The number of carbonyl (C=O) groups excluding carboxylic acids is 1. The molecule has 0 radical (unpaired) electrons. The standard InChI is InChI=1S/C15H25NO4/c1-11-14(2,8-9-20-11)16-12(17)10-15(13(18)19)6-4-3-5-7-15/h11H,3-10H2,1-2H3,(H,16,17)(H,18,19). The molecule has 0 bridgehead atoms. The highest BCUT2D eigenvalue weighted by atomic mass is 16.5. The number of carboxylic acids is 1. The number of nitrogens with one attached hydrogen (secondary N) is 1. The topological polar surface area (TPSA) is 75.6 Å². The Balaban J connectivity index is 2.00. The van der Waals surface area contributed by atoms with Crippen LogP contribution in [0.3, 0.4) is 0 Å². The summed E-state index contributed by atoms with van der Waals surface area (Å²) in [5, 5.41) is 12.5. The molecule has 5 nitrogen and oxygen atoms in total. The normalized spacial score (nSPS) is 32.8. The highest BCUT2D eigenvalue weighted by molar-refractivity contribution is 5.85. The zero-order valence-electron chi connectivity index (χ0n) is 12.4. The Morgan fingerprint density at radius 2 is 1.90 bits per heavy atom. The Morgan fingerprint density at radius 3 is 2.40 bits per heavy atom. The lowest BCUT2D eigenvalue weighted by molar-refractivity contribution is -0.154. The molecule has 1 saturated heterocycles. The number of hydrogen-bond donors (Lipinski definition) is 2. The highest BCUT2D eigenvalue weighted by Crippen LogP contribution is 2.40. The van der Waals surface area contributed by atoms with Crippen LogP contribution in [0.25, 0.3) is 0 Å². The minimum atomic E-state index is -0.860. The molecule has 1 aliphatic carbocycles. The van der Waals surface area contributed by atoms with Crippen molar-refractivity contribution in [1.29, 1.82) is 0 Å². The summed E-state index contributed by atoms with van der Waals surface area (Å²) in [6, 6.07) is 0. The second kappa shape index (κ2) is 5.72. The van der Waals surface area contributed by atoms with Gasteiger partial charge in [-0.1, -0.05) is 19.3 Å². The molecule has 0 aromatic heterocycles. The summed E-state index contributed by atoms with van der Waals surface area (Å²) >= 11 is 0. The number of aliphatic carboxylic acids is 1. The molecule has 2 unspecified atom stereocenters. The van der Waals surface area contributed by atoms with Gasteiger partial charge in [0, 0.05) is 13.0 Å². The number of carbonyl (C=O) groups is 2. The molecular formula is C15H25NO4. The number of hydrogen-bond acceptors (Lipinski definition) is 3. The zero-order valence-corrected chi connectivity index (χ0v) is 12.4. The molecular weight excluding hydrogens is 258 g/mol. The number of amides is 1. The molecule has 0 aromatic carbocycles. The minimum Gasteiger partial charge on any atom is -0.481 e. The summed E-state index contributed by atoms with van der Waals surface area (Å²) in [4.78, 5) is 23.9. The fraction of sp³-hybridized carbons (Fsp3) is 0.867. The van der Waals surface area contributed by atoms with Crippen LogP contribution < -0.4 is 5.32 Å². The van der Waals surface area contributed by atoms with Crippen molar-refractivity contribution in [3.05, 3.63) is 0 Å². The van der Waals surface area contributed by atoms with Crippen LogP contribution in [0.15, 0.2) is 0 Å². The van der Waals surface area contributed by atoms with Gasteiger partial charge in [0.05, 0.1) is 17.1 Å². The number of rotatable bonds is 4. The quantitative estimate of drug-likeness (QED) is 0.828. The molecule has 2 rings (SSSR count). The van der Waals surface area contributed by atoms with Gasteiger partial charge in [0.25, 0.3) is 0 Å². The van der Waals surface area contributed by atoms with Crippen LogP contribution in [-0.2, 0) is 14.3 Å². The van der Waals surface area contributed by atoms with Crippen LogP contribution in [0.4, 0.5) is 0 Å². The van der Waals surface area contributed by atoms with Gasteiger partial charge >= 0.3 is 5.97 Å². The maximum absolute atomic E-state index is 12.3. The second-order valence-electron chi connectivity index (χ2n) is 6.55. The van der Waals surface area contributed by atoms with Gasteiger partial charge in [0.1, 0.15) is 0 Å². The summed E-state index contributed by atoms with van der Waals surface area (Å²) in [5.74, 6) is -0.984. The molecule has 0 aromatic rings. The lowest BCUT2D eigenvalue weighted by Gasteiger charge is -2.35. The Labute approximate surface area is 120 Å². The predicted molar refractivity (Wildman–Crippen MR) is 74.3 cm³/mol. The SMILES string of the molecule is CC1OCCC1(C)NC(=O)CC1(C(=O)O)CCCCC1. The second-order valence-corrected chi connectivity index (χ2v) is 6.55. The van der Waals surface area contributed by atoms with Crippen molar-refractivity contribution < 1.29 is 19.4 Å². The molecule has 2 atom stereocenters. The van der Waals surface area contributed by atoms with E-state index >= 15 is 0 Å². The first-order valence-corrected chi connectivity index (χ1v) is 7.54. The molecule has 2 fully saturated rings. The Kier molecular flexibility index (Phi) is 4.37. The molecule has 1 heterocycles. The third-order valence-electron chi connectivity index (χ3n) is 5.07. The van der Waals surface area contributed by atoms with Crippen LogP contribution in [0.2, 0.25) is 0 Å². The van der Waals surface area contributed by atoms with Gasteiger partial charge in [-0.15, -0.1) is 0 Å². The lowest BCUT2D eigenvalue weighted by atomic mass is 9.71. The average Bonchev–Trinajstić information content (AvgIpc) is 2.69. The van der Waals surface area contributed by atoms with Gasteiger partial charge in [0.15, 0.2) is 0 Å². The summed E-state index contributed by atoms with van der Waals surface area (Å²) in [6.45, 7) is 4.56. The van der Waals surface area contributed by atoms with E-state index in [-0.39, 0.29) is 24.0 Å². The van der Waals surface area contributed by atoms with E-state index in [1.807, 2.05) is 13.8 Å². The molecule has 1 amide bonds. The molecule has 1 aliphatic heterocycles. The lowest BCUT2D eigenvalue weighted by Crippen LogP contribution is -2.52. The third kappa shape index (κ3) is 2.97. The highest BCUT2D eigenvalue weighted by Gasteiger charge is 2.44. The summed E-state index contributed by atoms with van der Waals surface area (Å²) < 4.78 is 5.50. The van der Waals surface area contributed by atoms with E-state index in [4.69, 9.17) is 4.74 Å². The van der Waals surface area contributed by atoms with Crippen molar-refractivity contribution in [1.82, 2.24) is 5.32 Å². The largest absolute Gasteiger partial charge is 0.481 e. The first kappa shape index (κ1) is 15.3. The van der Waals surface area contributed by atoms with Gasteiger partial charge < -0.3 is 15.2 Å². The smallest absolute Gasteiger partial charge is 0.310 e. The van der Waals surface area contributed by atoms with E-state index < -0.39 is 11.4 Å². The minimum absolute atomic E-state index is 0.0291. The van der Waals surface area contributed by atoms with Crippen molar-refractivity contribution >= 4 is 11.9 Å². The molecule has 5 heteroatoms. The van der Waals surface area contributed by atoms with Crippen LogP contribution in [0, 0.1) is 5.41 Å². The number of carboxylic acid groups (broad SMARTS) is 1. The summed E-state index contributed by atoms with van der Waals surface area (Å²) in [5.41, 5.74) is -1.23. The van der Waals surface area contributed by atoms with Crippen molar-refractivity contribution in [3.63, 3.8) is 0 Å². The van der Waals surface area contributed by atoms with Gasteiger partial charge in [-0.05, 0) is 33.1 Å². The number of ether oxygens (including phenoxy) is 1. The molecule has 20 heavy (non-hydrogen) atoms. The van der Waals surface area contributed by atoms with E-state index in [9.17, 15) is 14.7 Å². The summed E-state index contributed by atoms with van der Waals surface area (Å²) in [7, 11) is 0. The Morgan fingerprint density at radius 1 is 1.25 bits per heavy atom. The molecule has 2 aliphatic rings. The van der Waals surface area contributed by atoms with Crippen molar-refractivity contribution in [2.45, 2.75) is 70.4 Å². The van der Waals surface area contributed by atoms with Gasteiger partial charge in [-0.2, -0.15) is 0 Å². The maximum Gasteiger partial charge on any atom is 0.310 e. The molecule has 0 spiro atoms. The van der Waals surface area contributed by atoms with E-state index in [1.165, 1.54) is 0 Å². The monoisotopic (exact) mass is 283 g/mol. The summed E-state index contributed by atoms with van der Waals surface area (Å²) in [6.07, 6.45) is 4.92. The van der Waals surface area contributed by atoms with Crippen molar-refractivity contribution in [3.8, 4) is 0 Å². The van der Waals surface area contributed by atoms with Crippen molar-refractivity contribution in [2.24, 2.45) is 5.41 Å².